The predicted octanol–water partition coefficient (Wildman–Crippen LogP) is 4.77. The van der Waals surface area contributed by atoms with Crippen LogP contribution in [-0.4, -0.2) is 17.6 Å². The van der Waals surface area contributed by atoms with Crippen LogP contribution in [0.1, 0.15) is 30.9 Å². The number of aryl methyl sites for hydroxylation is 1. The summed E-state index contributed by atoms with van der Waals surface area (Å²) in [5.41, 5.74) is 2.99. The van der Waals surface area contributed by atoms with E-state index in [1.165, 1.54) is 0 Å². The maximum atomic E-state index is 12.1. The third kappa shape index (κ3) is 5.83. The highest BCUT2D eigenvalue weighted by Gasteiger charge is 2.11. The van der Waals surface area contributed by atoms with Crippen LogP contribution in [-0.2, 0) is 4.79 Å². The van der Waals surface area contributed by atoms with Crippen molar-refractivity contribution >= 4 is 44.9 Å². The molecule has 0 saturated carbocycles. The molecule has 0 unspecified atom stereocenters. The van der Waals surface area contributed by atoms with E-state index in [1.807, 2.05) is 49.4 Å². The second-order valence-corrected chi connectivity index (χ2v) is 7.23. The fraction of sp³-hybridized carbons (Fsp3) is 0.263. The molecular formula is C19H21BrN2O2S. The van der Waals surface area contributed by atoms with E-state index in [1.54, 1.807) is 0 Å². The second-order valence-electron chi connectivity index (χ2n) is 5.97. The van der Waals surface area contributed by atoms with E-state index in [-0.39, 0.29) is 17.6 Å². The fourth-order valence-electron chi connectivity index (χ4n) is 2.27. The molecule has 132 valence electrons. The van der Waals surface area contributed by atoms with Gasteiger partial charge in [0.1, 0.15) is 5.75 Å². The first-order valence-corrected chi connectivity index (χ1v) is 9.15. The van der Waals surface area contributed by atoms with Crippen molar-refractivity contribution in [3.63, 3.8) is 0 Å². The lowest BCUT2D eigenvalue weighted by molar-refractivity contribution is -0.121. The minimum absolute atomic E-state index is 0.0966. The lowest BCUT2D eigenvalue weighted by Gasteiger charge is -2.14. The van der Waals surface area contributed by atoms with Crippen molar-refractivity contribution in [2.24, 2.45) is 0 Å². The highest BCUT2D eigenvalue weighted by atomic mass is 79.9. The van der Waals surface area contributed by atoms with E-state index in [0.717, 1.165) is 21.3 Å². The van der Waals surface area contributed by atoms with Gasteiger partial charge in [-0.3, -0.25) is 10.1 Å². The number of benzene rings is 2. The van der Waals surface area contributed by atoms with Gasteiger partial charge in [0, 0.05) is 4.47 Å². The smallest absolute Gasteiger partial charge is 0.264 e. The zero-order chi connectivity index (χ0) is 18.4. The fourth-order valence-corrected chi connectivity index (χ4v) is 3.09. The van der Waals surface area contributed by atoms with Crippen LogP contribution in [0.25, 0.3) is 0 Å². The molecule has 1 amide bonds. The highest BCUT2D eigenvalue weighted by molar-refractivity contribution is 9.10. The maximum absolute atomic E-state index is 12.1. The van der Waals surface area contributed by atoms with Crippen LogP contribution >= 0.6 is 28.1 Å². The third-order valence-electron chi connectivity index (χ3n) is 3.53. The number of hydrogen-bond acceptors (Lipinski definition) is 3. The normalized spacial score (nSPS) is 10.4. The number of hydrogen-bond donors (Lipinski definition) is 2. The van der Waals surface area contributed by atoms with Crippen LogP contribution in [0, 0.1) is 6.92 Å². The molecule has 0 bridgehead atoms. The van der Waals surface area contributed by atoms with Gasteiger partial charge >= 0.3 is 0 Å². The van der Waals surface area contributed by atoms with E-state index in [0.29, 0.717) is 11.7 Å². The van der Waals surface area contributed by atoms with Crippen molar-refractivity contribution in [3.05, 3.63) is 58.1 Å². The number of amides is 1. The molecule has 0 aliphatic rings. The molecule has 4 nitrogen and oxygen atoms in total. The largest absolute Gasteiger partial charge is 0.483 e. The number of carbonyl (C=O) groups is 1. The number of carbonyl (C=O) groups excluding carboxylic acids is 1. The number of para-hydroxylation sites is 1. The summed E-state index contributed by atoms with van der Waals surface area (Å²) in [5.74, 6) is 0.730. The number of halogens is 1. The molecule has 2 aromatic rings. The minimum Gasteiger partial charge on any atom is -0.483 e. The quantitative estimate of drug-likeness (QED) is 0.683. The van der Waals surface area contributed by atoms with Crippen molar-refractivity contribution in [2.75, 3.05) is 11.9 Å². The monoisotopic (exact) mass is 420 g/mol. The molecular weight excluding hydrogens is 400 g/mol. The van der Waals surface area contributed by atoms with Gasteiger partial charge in [-0.25, -0.2) is 0 Å². The molecule has 0 aliphatic heterocycles. The maximum Gasteiger partial charge on any atom is 0.264 e. The molecule has 0 aliphatic carbocycles. The van der Waals surface area contributed by atoms with Gasteiger partial charge in [0.2, 0.25) is 0 Å². The van der Waals surface area contributed by atoms with Crippen molar-refractivity contribution in [3.8, 4) is 5.75 Å². The first kappa shape index (κ1) is 19.4. The van der Waals surface area contributed by atoms with Gasteiger partial charge in [0.25, 0.3) is 5.91 Å². The second kappa shape index (κ2) is 8.97. The van der Waals surface area contributed by atoms with Crippen LogP contribution in [0.3, 0.4) is 0 Å². The standard InChI is InChI=1S/C19H21BrN2O2S/c1-12(2)14-6-4-5-7-17(14)24-11-18(23)22-19(25)21-16-9-8-13(3)10-15(16)20/h4-10,12H,11H2,1-3H3,(H2,21,22,23,25). The molecule has 0 radical (unpaired) electrons. The average Bonchev–Trinajstić information content (AvgIpc) is 2.55. The summed E-state index contributed by atoms with van der Waals surface area (Å²) < 4.78 is 6.52. The predicted molar refractivity (Wildman–Crippen MR) is 109 cm³/mol. The van der Waals surface area contributed by atoms with E-state index in [9.17, 15) is 4.79 Å². The summed E-state index contributed by atoms with van der Waals surface area (Å²) in [7, 11) is 0. The molecule has 2 N–H and O–H groups in total. The van der Waals surface area contributed by atoms with Crippen molar-refractivity contribution < 1.29 is 9.53 Å². The van der Waals surface area contributed by atoms with Crippen LogP contribution < -0.4 is 15.4 Å². The lowest BCUT2D eigenvalue weighted by atomic mass is 10.0. The Labute approximate surface area is 162 Å². The summed E-state index contributed by atoms with van der Waals surface area (Å²) in [6, 6.07) is 13.5. The third-order valence-corrected chi connectivity index (χ3v) is 4.39. The SMILES string of the molecule is Cc1ccc(NC(=S)NC(=O)COc2ccccc2C(C)C)c(Br)c1. The zero-order valence-corrected chi connectivity index (χ0v) is 16.8. The average molecular weight is 421 g/mol. The molecule has 0 aromatic heterocycles. The van der Waals surface area contributed by atoms with E-state index < -0.39 is 0 Å². The first-order chi connectivity index (χ1) is 11.9. The number of rotatable bonds is 5. The minimum atomic E-state index is -0.306. The van der Waals surface area contributed by atoms with E-state index >= 15 is 0 Å². The number of anilines is 1. The van der Waals surface area contributed by atoms with Gasteiger partial charge < -0.3 is 10.1 Å². The summed E-state index contributed by atoms with van der Waals surface area (Å²) in [5, 5.41) is 5.85. The Balaban J connectivity index is 1.89. The molecule has 25 heavy (non-hydrogen) atoms. The highest BCUT2D eigenvalue weighted by Crippen LogP contribution is 2.26. The number of nitrogens with one attached hydrogen (secondary N) is 2. The van der Waals surface area contributed by atoms with Crippen molar-refractivity contribution in [1.82, 2.24) is 5.32 Å². The molecule has 2 aromatic carbocycles. The molecule has 0 spiro atoms. The molecule has 0 atom stereocenters. The molecule has 0 fully saturated rings. The molecule has 0 saturated heterocycles. The van der Waals surface area contributed by atoms with Gasteiger partial charge in [-0.1, -0.05) is 38.1 Å². The van der Waals surface area contributed by atoms with Gasteiger partial charge in [0.05, 0.1) is 5.69 Å². The Hall–Kier alpha value is -1.92. The van der Waals surface area contributed by atoms with E-state index in [4.69, 9.17) is 17.0 Å². The number of thiocarbonyl (C=S) groups is 1. The number of ether oxygens (including phenoxy) is 1. The summed E-state index contributed by atoms with van der Waals surface area (Å²) in [6.07, 6.45) is 0. The Bertz CT molecular complexity index is 778. The Morgan fingerprint density at radius 2 is 1.96 bits per heavy atom. The Morgan fingerprint density at radius 3 is 2.64 bits per heavy atom. The zero-order valence-electron chi connectivity index (χ0n) is 14.4. The van der Waals surface area contributed by atoms with Gasteiger partial charge in [0.15, 0.2) is 11.7 Å². The topological polar surface area (TPSA) is 50.4 Å². The molecule has 6 heteroatoms. The molecule has 0 heterocycles. The lowest BCUT2D eigenvalue weighted by Crippen LogP contribution is -2.37. The Morgan fingerprint density at radius 1 is 1.24 bits per heavy atom. The first-order valence-electron chi connectivity index (χ1n) is 7.95. The van der Waals surface area contributed by atoms with Crippen molar-refractivity contribution in [2.45, 2.75) is 26.7 Å². The van der Waals surface area contributed by atoms with Gasteiger partial charge in [-0.05, 0) is 70.3 Å². The van der Waals surface area contributed by atoms with Crippen LogP contribution in [0.2, 0.25) is 0 Å². The van der Waals surface area contributed by atoms with Crippen molar-refractivity contribution in [1.29, 1.82) is 0 Å². The Kier molecular flexibility index (Phi) is 6.96. The van der Waals surface area contributed by atoms with Gasteiger partial charge in [-0.2, -0.15) is 0 Å². The summed E-state index contributed by atoms with van der Waals surface area (Å²) >= 11 is 8.65. The van der Waals surface area contributed by atoms with Crippen LogP contribution in [0.5, 0.6) is 5.75 Å². The summed E-state index contributed by atoms with van der Waals surface area (Å²) in [6.45, 7) is 6.07. The van der Waals surface area contributed by atoms with Crippen LogP contribution in [0.15, 0.2) is 46.9 Å². The summed E-state index contributed by atoms with van der Waals surface area (Å²) in [4.78, 5) is 12.1. The van der Waals surface area contributed by atoms with Crippen LogP contribution in [0.4, 0.5) is 5.69 Å². The van der Waals surface area contributed by atoms with Gasteiger partial charge in [-0.15, -0.1) is 0 Å². The van der Waals surface area contributed by atoms with E-state index in [2.05, 4.69) is 40.4 Å². The molecule has 2 rings (SSSR count).